The average Bonchev–Trinajstić information content (AvgIpc) is 3.29. The molecule has 2 aromatic rings. The van der Waals surface area contributed by atoms with Gasteiger partial charge in [-0.15, -0.1) is 0 Å². The number of nitrogens with one attached hydrogen (secondary N) is 2. The lowest BCUT2D eigenvalue weighted by molar-refractivity contribution is -0.198. The average molecular weight is 449 g/mol. The number of hydrogen-bond donors (Lipinski definition) is 2. The number of rotatable bonds is 8. The van der Waals surface area contributed by atoms with Gasteiger partial charge in [0.25, 0.3) is 5.91 Å². The smallest absolute Gasteiger partial charge is 0.267 e. The van der Waals surface area contributed by atoms with Crippen LogP contribution in [0.3, 0.4) is 0 Å². The molecule has 2 aliphatic heterocycles. The van der Waals surface area contributed by atoms with Crippen molar-refractivity contribution in [2.24, 2.45) is 0 Å². The second-order valence-corrected chi connectivity index (χ2v) is 8.22. The number of anilines is 1. The molecule has 2 saturated heterocycles. The van der Waals surface area contributed by atoms with Gasteiger partial charge in [0, 0.05) is 44.8 Å². The van der Waals surface area contributed by atoms with Gasteiger partial charge in [-0.3, -0.25) is 14.7 Å². The number of ether oxygens (including phenoxy) is 1. The predicted molar refractivity (Wildman–Crippen MR) is 122 cm³/mol. The predicted octanol–water partition coefficient (Wildman–Crippen LogP) is 2.62. The Kier molecular flexibility index (Phi) is 7.98. The zero-order valence-electron chi connectivity index (χ0n) is 18.4. The van der Waals surface area contributed by atoms with Gasteiger partial charge in [-0.25, -0.2) is 15.3 Å². The van der Waals surface area contributed by atoms with E-state index in [4.69, 9.17) is 14.8 Å². The first-order chi connectivity index (χ1) is 16.2. The molecule has 172 valence electrons. The van der Waals surface area contributed by atoms with Crippen LogP contribution in [0.2, 0.25) is 0 Å². The number of nitriles is 1. The van der Waals surface area contributed by atoms with Crippen LogP contribution in [0.15, 0.2) is 42.7 Å². The van der Waals surface area contributed by atoms with Gasteiger partial charge in [0.2, 0.25) is 0 Å². The van der Waals surface area contributed by atoms with E-state index < -0.39 is 0 Å². The van der Waals surface area contributed by atoms with Gasteiger partial charge >= 0.3 is 0 Å². The molecular formula is C24H28N6O3. The Balaban J connectivity index is 1.20. The van der Waals surface area contributed by atoms with Crippen molar-refractivity contribution in [3.05, 3.63) is 59.6 Å². The van der Waals surface area contributed by atoms with E-state index >= 15 is 0 Å². The molecule has 33 heavy (non-hydrogen) atoms. The van der Waals surface area contributed by atoms with Crippen molar-refractivity contribution in [1.29, 1.82) is 5.26 Å². The van der Waals surface area contributed by atoms with Crippen LogP contribution >= 0.6 is 0 Å². The summed E-state index contributed by atoms with van der Waals surface area (Å²) in [6.45, 7) is 3.35. The summed E-state index contributed by atoms with van der Waals surface area (Å²) in [5.74, 6) is 0.326. The summed E-state index contributed by atoms with van der Waals surface area (Å²) < 4.78 is 5.40. The normalized spacial score (nSPS) is 21.1. The van der Waals surface area contributed by atoms with Gasteiger partial charge in [0.05, 0.1) is 29.7 Å². The maximum absolute atomic E-state index is 11.9. The van der Waals surface area contributed by atoms with Crippen LogP contribution in [0.4, 0.5) is 5.82 Å². The monoisotopic (exact) mass is 448 g/mol. The summed E-state index contributed by atoms with van der Waals surface area (Å²) in [5, 5.41) is 12.5. The molecule has 0 spiro atoms. The number of benzene rings is 1. The van der Waals surface area contributed by atoms with Crippen molar-refractivity contribution >= 4 is 17.8 Å². The Morgan fingerprint density at radius 1 is 1.30 bits per heavy atom. The molecule has 9 nitrogen and oxygen atoms in total. The van der Waals surface area contributed by atoms with Crippen LogP contribution in [0.25, 0.3) is 6.08 Å². The summed E-state index contributed by atoms with van der Waals surface area (Å²) in [6, 6.07) is 10.2. The summed E-state index contributed by atoms with van der Waals surface area (Å²) in [5.41, 5.74) is 4.79. The first-order valence-electron chi connectivity index (χ1n) is 11.2. The Bertz CT molecular complexity index is 998. The van der Waals surface area contributed by atoms with E-state index in [0.717, 1.165) is 50.9 Å². The first kappa shape index (κ1) is 22.9. The lowest BCUT2D eigenvalue weighted by Gasteiger charge is -2.21. The second-order valence-electron chi connectivity index (χ2n) is 8.22. The first-order valence-corrected chi connectivity index (χ1v) is 11.2. The number of carbonyl (C=O) groups excluding carboxylic acids is 1. The largest absolute Gasteiger partial charge is 0.365 e. The van der Waals surface area contributed by atoms with E-state index in [0.29, 0.717) is 23.7 Å². The van der Waals surface area contributed by atoms with Crippen molar-refractivity contribution in [2.75, 3.05) is 25.0 Å². The Labute approximate surface area is 193 Å². The van der Waals surface area contributed by atoms with Crippen LogP contribution < -0.4 is 10.8 Å². The number of nitrogens with zero attached hydrogens (tertiary/aromatic N) is 4. The molecule has 2 N–H and O–H groups in total. The maximum Gasteiger partial charge on any atom is 0.267 e. The third-order valence-corrected chi connectivity index (χ3v) is 5.59. The van der Waals surface area contributed by atoms with E-state index in [1.165, 1.54) is 6.08 Å². The summed E-state index contributed by atoms with van der Waals surface area (Å²) in [4.78, 5) is 28.3. The number of carbonyl (C=O) groups is 1. The highest BCUT2D eigenvalue weighted by atomic mass is 16.8. The van der Waals surface area contributed by atoms with Crippen molar-refractivity contribution in [3.63, 3.8) is 0 Å². The lowest BCUT2D eigenvalue weighted by Crippen LogP contribution is -2.32. The SMILES string of the molecule is N#Cc1cccc(CN2CC[C@@H](Nc3cnc(C=CC(=O)NOC4CCCCO4)cn3)C2)c1. The number of likely N-dealkylation sites (tertiary alicyclic amines) is 1. The van der Waals surface area contributed by atoms with Crippen LogP contribution in [0, 0.1) is 11.3 Å². The Morgan fingerprint density at radius 3 is 3.03 bits per heavy atom. The molecule has 1 amide bonds. The molecule has 0 radical (unpaired) electrons. The number of aromatic nitrogens is 2. The Hall–Kier alpha value is -3.32. The van der Waals surface area contributed by atoms with Gasteiger partial charge in [0.1, 0.15) is 5.82 Å². The van der Waals surface area contributed by atoms with Crippen molar-refractivity contribution in [1.82, 2.24) is 20.3 Å². The fourth-order valence-electron chi connectivity index (χ4n) is 3.92. The maximum atomic E-state index is 11.9. The number of hydroxylamine groups is 1. The molecule has 1 unspecified atom stereocenters. The minimum absolute atomic E-state index is 0.282. The second kappa shape index (κ2) is 11.5. The molecule has 2 fully saturated rings. The fourth-order valence-corrected chi connectivity index (χ4v) is 3.92. The van der Waals surface area contributed by atoms with Crippen molar-refractivity contribution in [3.8, 4) is 6.07 Å². The van der Waals surface area contributed by atoms with Crippen molar-refractivity contribution in [2.45, 2.75) is 44.6 Å². The molecule has 1 aromatic heterocycles. The third-order valence-electron chi connectivity index (χ3n) is 5.59. The van der Waals surface area contributed by atoms with E-state index in [1.54, 1.807) is 18.5 Å². The highest BCUT2D eigenvalue weighted by Crippen LogP contribution is 2.17. The van der Waals surface area contributed by atoms with Gasteiger partial charge in [-0.1, -0.05) is 12.1 Å². The van der Waals surface area contributed by atoms with E-state index in [2.05, 4.69) is 37.8 Å². The van der Waals surface area contributed by atoms with Crippen LogP contribution in [-0.4, -0.2) is 52.8 Å². The summed E-state index contributed by atoms with van der Waals surface area (Å²) >= 11 is 0. The van der Waals surface area contributed by atoms with Crippen molar-refractivity contribution < 1.29 is 14.4 Å². The molecule has 2 atom stereocenters. The third kappa shape index (κ3) is 7.08. The highest BCUT2D eigenvalue weighted by Gasteiger charge is 2.22. The molecule has 1 aromatic carbocycles. The van der Waals surface area contributed by atoms with E-state index in [9.17, 15) is 4.79 Å². The summed E-state index contributed by atoms with van der Waals surface area (Å²) in [6.07, 6.45) is 9.69. The van der Waals surface area contributed by atoms with Gasteiger partial charge < -0.3 is 10.1 Å². The molecule has 0 bridgehead atoms. The summed E-state index contributed by atoms with van der Waals surface area (Å²) in [7, 11) is 0. The van der Waals surface area contributed by atoms with Gasteiger partial charge in [-0.05, 0) is 43.0 Å². The van der Waals surface area contributed by atoms with Crippen LogP contribution in [0.5, 0.6) is 0 Å². The minimum Gasteiger partial charge on any atom is -0.365 e. The molecule has 4 rings (SSSR count). The molecule has 0 aliphatic carbocycles. The zero-order valence-corrected chi connectivity index (χ0v) is 18.4. The molecule has 0 saturated carbocycles. The Morgan fingerprint density at radius 2 is 2.24 bits per heavy atom. The number of amides is 1. The van der Waals surface area contributed by atoms with E-state index in [1.807, 2.05) is 18.2 Å². The van der Waals surface area contributed by atoms with Crippen LogP contribution in [-0.2, 0) is 20.9 Å². The molecule has 9 heteroatoms. The quantitative estimate of drug-likeness (QED) is 0.468. The molecule has 2 aliphatic rings. The molecule has 3 heterocycles. The standard InChI is InChI=1S/C24H28N6O3/c25-13-18-4-3-5-19(12-18)16-30-10-9-21(17-30)28-22-15-26-20(14-27-22)7-8-23(31)29-33-24-6-1-2-11-32-24/h3-5,7-8,12,14-15,21,24H,1-2,6,9-11,16-17H2,(H,27,28)(H,29,31)/t21-,24?/m1/s1. The molecular weight excluding hydrogens is 420 g/mol. The van der Waals surface area contributed by atoms with Gasteiger partial charge in [-0.2, -0.15) is 5.26 Å². The zero-order chi connectivity index (χ0) is 22.9. The highest BCUT2D eigenvalue weighted by molar-refractivity contribution is 5.90. The minimum atomic E-state index is -0.379. The topological polar surface area (TPSA) is 112 Å². The van der Waals surface area contributed by atoms with E-state index in [-0.39, 0.29) is 18.2 Å². The van der Waals surface area contributed by atoms with Gasteiger partial charge in [0.15, 0.2) is 6.29 Å². The fraction of sp³-hybridized carbons (Fsp3) is 0.417. The van der Waals surface area contributed by atoms with Crippen LogP contribution in [0.1, 0.15) is 42.5 Å². The number of hydrogen-bond acceptors (Lipinski definition) is 8. The lowest BCUT2D eigenvalue weighted by atomic mass is 10.1.